The first-order valence-corrected chi connectivity index (χ1v) is 8.08. The molecule has 0 fully saturated rings. The van der Waals surface area contributed by atoms with Gasteiger partial charge in [0.25, 0.3) is 5.91 Å². The Kier molecular flexibility index (Phi) is 4.97. The smallest absolute Gasteiger partial charge is 0.288 e. The molecule has 0 aliphatic rings. The molecule has 0 radical (unpaired) electrons. The molecule has 1 N–H and O–H groups in total. The topological polar surface area (TPSA) is 78.5 Å². The minimum absolute atomic E-state index is 0.277. The third kappa shape index (κ3) is 3.42. The zero-order valence-corrected chi connectivity index (χ0v) is 15.1. The Labute approximate surface area is 151 Å². The second-order valence-corrected chi connectivity index (χ2v) is 5.88. The zero-order chi connectivity index (χ0) is 18.7. The molecule has 0 spiro atoms. The molecule has 0 unspecified atom stereocenters. The summed E-state index contributed by atoms with van der Waals surface area (Å²) in [5, 5.41) is 3.00. The fraction of sp³-hybridized carbons (Fsp3) is 0.263. The molecule has 7 heteroatoms. The van der Waals surface area contributed by atoms with Crippen LogP contribution in [0.2, 0.25) is 0 Å². The van der Waals surface area contributed by atoms with E-state index >= 15 is 0 Å². The third-order valence-corrected chi connectivity index (χ3v) is 4.17. The standard InChI is InChI=1S/C19H21N3O4/c1-12-5-8-26-17(12)19(23)21-16(18-20-6-7-22(18)2)13-9-14(24-3)11-15(10-13)25-4/h5-11,16H,1-4H3,(H,21,23)/t16-/m1/s1. The molecule has 3 aromatic rings. The molecule has 0 saturated carbocycles. The average molecular weight is 355 g/mol. The fourth-order valence-electron chi connectivity index (χ4n) is 2.75. The van der Waals surface area contributed by atoms with E-state index in [0.29, 0.717) is 17.3 Å². The monoisotopic (exact) mass is 355 g/mol. The van der Waals surface area contributed by atoms with Gasteiger partial charge in [0, 0.05) is 31.1 Å². The minimum Gasteiger partial charge on any atom is -0.497 e. The van der Waals surface area contributed by atoms with E-state index in [-0.39, 0.29) is 11.7 Å². The van der Waals surface area contributed by atoms with Gasteiger partial charge in [-0.1, -0.05) is 0 Å². The van der Waals surface area contributed by atoms with Gasteiger partial charge in [0.1, 0.15) is 23.4 Å². The number of aromatic nitrogens is 2. The summed E-state index contributed by atoms with van der Waals surface area (Å²) < 4.78 is 17.9. The number of furan rings is 1. The Morgan fingerprint density at radius 1 is 1.23 bits per heavy atom. The van der Waals surface area contributed by atoms with Crippen molar-refractivity contribution in [2.45, 2.75) is 13.0 Å². The van der Waals surface area contributed by atoms with Crippen molar-refractivity contribution in [1.29, 1.82) is 0 Å². The molecule has 0 aliphatic carbocycles. The summed E-state index contributed by atoms with van der Waals surface area (Å²) in [5.41, 5.74) is 1.55. The Balaban J connectivity index is 2.03. The first-order valence-electron chi connectivity index (χ1n) is 8.08. The predicted molar refractivity (Wildman–Crippen MR) is 95.5 cm³/mol. The van der Waals surface area contributed by atoms with Gasteiger partial charge in [-0.2, -0.15) is 0 Å². The highest BCUT2D eigenvalue weighted by Crippen LogP contribution is 2.29. The van der Waals surface area contributed by atoms with Crippen molar-refractivity contribution < 1.29 is 18.7 Å². The summed E-state index contributed by atoms with van der Waals surface area (Å²) in [4.78, 5) is 17.1. The molecule has 26 heavy (non-hydrogen) atoms. The maximum Gasteiger partial charge on any atom is 0.288 e. The van der Waals surface area contributed by atoms with Gasteiger partial charge < -0.3 is 23.8 Å². The molecule has 136 valence electrons. The number of hydrogen-bond donors (Lipinski definition) is 1. The number of nitrogens with one attached hydrogen (secondary N) is 1. The number of carbonyl (C=O) groups is 1. The van der Waals surface area contributed by atoms with Gasteiger partial charge in [-0.3, -0.25) is 4.79 Å². The molecular formula is C19H21N3O4. The average Bonchev–Trinajstić information content (AvgIpc) is 3.27. The van der Waals surface area contributed by atoms with Crippen LogP contribution in [0.3, 0.4) is 0 Å². The summed E-state index contributed by atoms with van der Waals surface area (Å²) in [6.07, 6.45) is 5.00. The number of methoxy groups -OCH3 is 2. The molecule has 2 aromatic heterocycles. The van der Waals surface area contributed by atoms with Crippen LogP contribution in [0.1, 0.15) is 33.5 Å². The molecule has 7 nitrogen and oxygen atoms in total. The van der Waals surface area contributed by atoms with Crippen molar-refractivity contribution in [3.8, 4) is 11.5 Å². The molecule has 0 saturated heterocycles. The van der Waals surface area contributed by atoms with Crippen molar-refractivity contribution in [3.05, 3.63) is 65.6 Å². The van der Waals surface area contributed by atoms with Crippen LogP contribution in [0.25, 0.3) is 0 Å². The first kappa shape index (κ1) is 17.6. The molecule has 0 bridgehead atoms. The highest BCUT2D eigenvalue weighted by molar-refractivity contribution is 5.93. The van der Waals surface area contributed by atoms with Gasteiger partial charge in [0.05, 0.1) is 20.5 Å². The largest absolute Gasteiger partial charge is 0.497 e. The second-order valence-electron chi connectivity index (χ2n) is 5.88. The first-order chi connectivity index (χ1) is 12.5. The van der Waals surface area contributed by atoms with Gasteiger partial charge in [0.15, 0.2) is 5.76 Å². The molecule has 2 heterocycles. The number of benzene rings is 1. The summed E-state index contributed by atoms with van der Waals surface area (Å²) in [6.45, 7) is 1.82. The van der Waals surface area contributed by atoms with Crippen LogP contribution in [-0.4, -0.2) is 29.7 Å². The summed E-state index contributed by atoms with van der Waals surface area (Å²) in [6, 6.07) is 6.71. The van der Waals surface area contributed by atoms with Crippen molar-refractivity contribution >= 4 is 5.91 Å². The lowest BCUT2D eigenvalue weighted by molar-refractivity contribution is 0.0912. The van der Waals surface area contributed by atoms with E-state index in [1.54, 1.807) is 32.5 Å². The Morgan fingerprint density at radius 3 is 2.42 bits per heavy atom. The van der Waals surface area contributed by atoms with Crippen LogP contribution in [0.5, 0.6) is 11.5 Å². The number of carbonyl (C=O) groups excluding carboxylic acids is 1. The van der Waals surface area contributed by atoms with E-state index in [4.69, 9.17) is 13.9 Å². The highest BCUT2D eigenvalue weighted by atomic mass is 16.5. The minimum atomic E-state index is -0.504. The SMILES string of the molecule is COc1cc(OC)cc([C@@H](NC(=O)c2occc2C)c2nccn2C)c1. The predicted octanol–water partition coefficient (Wildman–Crippen LogP) is 2.86. The summed E-state index contributed by atoms with van der Waals surface area (Å²) in [7, 11) is 5.04. The number of ether oxygens (including phenoxy) is 2. The Hall–Kier alpha value is -3.22. The van der Waals surface area contributed by atoms with E-state index in [0.717, 1.165) is 11.1 Å². The Morgan fingerprint density at radius 2 is 1.92 bits per heavy atom. The number of nitrogens with zero attached hydrogens (tertiary/aromatic N) is 2. The molecule has 1 atom stereocenters. The van der Waals surface area contributed by atoms with Crippen LogP contribution >= 0.6 is 0 Å². The van der Waals surface area contributed by atoms with E-state index in [1.807, 2.05) is 36.9 Å². The van der Waals surface area contributed by atoms with E-state index in [1.165, 1.54) is 6.26 Å². The van der Waals surface area contributed by atoms with Crippen molar-refractivity contribution in [2.75, 3.05) is 14.2 Å². The second kappa shape index (κ2) is 7.35. The summed E-state index contributed by atoms with van der Waals surface area (Å²) in [5.74, 6) is 1.89. The van der Waals surface area contributed by atoms with Gasteiger partial charge in [0.2, 0.25) is 0 Å². The van der Waals surface area contributed by atoms with Gasteiger partial charge in [-0.05, 0) is 30.7 Å². The number of rotatable bonds is 6. The quantitative estimate of drug-likeness (QED) is 0.736. The lowest BCUT2D eigenvalue weighted by atomic mass is 10.0. The van der Waals surface area contributed by atoms with Crippen LogP contribution in [0.15, 0.2) is 47.3 Å². The summed E-state index contributed by atoms with van der Waals surface area (Å²) >= 11 is 0. The highest BCUT2D eigenvalue weighted by Gasteiger charge is 2.24. The van der Waals surface area contributed by atoms with Gasteiger partial charge >= 0.3 is 0 Å². The number of amides is 1. The molecule has 1 amide bonds. The van der Waals surface area contributed by atoms with E-state index in [2.05, 4.69) is 10.3 Å². The van der Waals surface area contributed by atoms with E-state index in [9.17, 15) is 4.79 Å². The van der Waals surface area contributed by atoms with Gasteiger partial charge in [-0.25, -0.2) is 4.98 Å². The number of aryl methyl sites for hydroxylation is 2. The van der Waals surface area contributed by atoms with Crippen molar-refractivity contribution in [1.82, 2.24) is 14.9 Å². The maximum absolute atomic E-state index is 12.7. The number of imidazole rings is 1. The zero-order valence-electron chi connectivity index (χ0n) is 15.1. The molecule has 3 rings (SSSR count). The van der Waals surface area contributed by atoms with Crippen LogP contribution in [-0.2, 0) is 7.05 Å². The fourth-order valence-corrected chi connectivity index (χ4v) is 2.75. The molecule has 0 aliphatic heterocycles. The maximum atomic E-state index is 12.7. The lowest BCUT2D eigenvalue weighted by Crippen LogP contribution is -2.31. The normalized spacial score (nSPS) is 11.8. The third-order valence-electron chi connectivity index (χ3n) is 4.17. The van der Waals surface area contributed by atoms with E-state index < -0.39 is 6.04 Å². The van der Waals surface area contributed by atoms with Crippen LogP contribution in [0, 0.1) is 6.92 Å². The Bertz CT molecular complexity index is 891. The van der Waals surface area contributed by atoms with Gasteiger partial charge in [-0.15, -0.1) is 0 Å². The molecular weight excluding hydrogens is 334 g/mol. The number of hydrogen-bond acceptors (Lipinski definition) is 5. The van der Waals surface area contributed by atoms with Crippen LogP contribution < -0.4 is 14.8 Å². The molecule has 1 aromatic carbocycles. The lowest BCUT2D eigenvalue weighted by Gasteiger charge is -2.20. The van der Waals surface area contributed by atoms with Crippen molar-refractivity contribution in [3.63, 3.8) is 0 Å². The van der Waals surface area contributed by atoms with Crippen LogP contribution in [0.4, 0.5) is 0 Å². The van der Waals surface area contributed by atoms with Crippen molar-refractivity contribution in [2.24, 2.45) is 7.05 Å².